The van der Waals surface area contributed by atoms with Gasteiger partial charge in [-0.2, -0.15) is 0 Å². The van der Waals surface area contributed by atoms with Crippen LogP contribution in [0.5, 0.6) is 0 Å². The summed E-state index contributed by atoms with van der Waals surface area (Å²) in [5, 5.41) is 5.38. The van der Waals surface area contributed by atoms with E-state index in [9.17, 15) is 4.79 Å². The summed E-state index contributed by atoms with van der Waals surface area (Å²) < 4.78 is 12.6. The van der Waals surface area contributed by atoms with E-state index in [1.54, 1.807) is 0 Å². The number of ether oxygens (including phenoxy) is 1. The first kappa shape index (κ1) is 22.6. The van der Waals surface area contributed by atoms with Crippen molar-refractivity contribution in [1.82, 2.24) is 5.32 Å². The van der Waals surface area contributed by atoms with Gasteiger partial charge < -0.3 is 14.5 Å². The minimum absolute atomic E-state index is 0.0160. The van der Waals surface area contributed by atoms with E-state index in [2.05, 4.69) is 81.5 Å². The predicted molar refractivity (Wildman–Crippen MR) is 125 cm³/mol. The number of amides is 1. The van der Waals surface area contributed by atoms with E-state index in [4.69, 9.17) is 9.16 Å². The third kappa shape index (κ3) is 4.78. The molecule has 0 spiro atoms. The Morgan fingerprint density at radius 3 is 2.03 bits per heavy atom. The molecule has 0 aromatic heterocycles. The van der Waals surface area contributed by atoms with Gasteiger partial charge in [-0.05, 0) is 21.8 Å². The van der Waals surface area contributed by atoms with Crippen LogP contribution in [0.4, 0.5) is 4.79 Å². The number of benzene rings is 2. The lowest BCUT2D eigenvalue weighted by Crippen LogP contribution is -2.67. The molecule has 5 heteroatoms. The fourth-order valence-corrected chi connectivity index (χ4v) is 9.06. The standard InChI is InChI=1S/C25H35NO3Si/c1-5-6-9-18-22-23(29-24(27)26-22)19-28-30(25(2,3)4,20-14-10-7-11-15-20)21-16-12-8-13-17-21/h7-8,10-17,22-23H,5-6,9,18-19H2,1-4H3,(H,26,27)/t22-,23-/m1/s1. The third-order valence-corrected chi connectivity index (χ3v) is 11.0. The van der Waals surface area contributed by atoms with Gasteiger partial charge in [0.25, 0.3) is 8.32 Å². The molecule has 1 aliphatic heterocycles. The quantitative estimate of drug-likeness (QED) is 0.471. The first-order valence-corrected chi connectivity index (χ1v) is 13.0. The second-order valence-corrected chi connectivity index (χ2v) is 13.5. The van der Waals surface area contributed by atoms with Gasteiger partial charge in [0.2, 0.25) is 0 Å². The molecule has 0 aliphatic carbocycles. The molecular weight excluding hydrogens is 390 g/mol. The van der Waals surface area contributed by atoms with Crippen LogP contribution in [0.3, 0.4) is 0 Å². The zero-order valence-corrected chi connectivity index (χ0v) is 19.7. The van der Waals surface area contributed by atoms with E-state index >= 15 is 0 Å². The molecule has 2 aromatic rings. The highest BCUT2D eigenvalue weighted by atomic mass is 28.4. The van der Waals surface area contributed by atoms with E-state index in [0.717, 1.165) is 25.7 Å². The molecule has 30 heavy (non-hydrogen) atoms. The lowest BCUT2D eigenvalue weighted by Gasteiger charge is -2.43. The third-order valence-electron chi connectivity index (χ3n) is 6.01. The molecule has 4 nitrogen and oxygen atoms in total. The number of rotatable bonds is 9. The van der Waals surface area contributed by atoms with Gasteiger partial charge in [-0.15, -0.1) is 0 Å². The van der Waals surface area contributed by atoms with E-state index in [1.165, 1.54) is 10.4 Å². The Bertz CT molecular complexity index is 765. The van der Waals surface area contributed by atoms with Crippen LogP contribution in [-0.2, 0) is 9.16 Å². The van der Waals surface area contributed by atoms with Crippen LogP contribution in [0.1, 0.15) is 53.4 Å². The Morgan fingerprint density at radius 1 is 0.967 bits per heavy atom. The Morgan fingerprint density at radius 2 is 1.53 bits per heavy atom. The summed E-state index contributed by atoms with van der Waals surface area (Å²) in [5.41, 5.74) is 0. The van der Waals surface area contributed by atoms with Crippen molar-refractivity contribution in [3.05, 3.63) is 60.7 Å². The second-order valence-electron chi connectivity index (χ2n) is 9.16. The highest BCUT2D eigenvalue weighted by molar-refractivity contribution is 6.99. The number of hydrogen-bond donors (Lipinski definition) is 1. The highest BCUT2D eigenvalue weighted by Gasteiger charge is 2.51. The van der Waals surface area contributed by atoms with Crippen molar-refractivity contribution in [1.29, 1.82) is 0 Å². The molecular formula is C25H35NO3Si. The zero-order chi connectivity index (χ0) is 21.6. The van der Waals surface area contributed by atoms with E-state index < -0.39 is 8.32 Å². The van der Waals surface area contributed by atoms with E-state index in [0.29, 0.717) is 6.61 Å². The van der Waals surface area contributed by atoms with Crippen LogP contribution in [0.2, 0.25) is 5.04 Å². The van der Waals surface area contributed by atoms with Gasteiger partial charge in [0.15, 0.2) is 0 Å². The minimum Gasteiger partial charge on any atom is -0.442 e. The zero-order valence-electron chi connectivity index (χ0n) is 18.7. The normalized spacial score (nSPS) is 19.4. The molecule has 1 fully saturated rings. The molecule has 2 atom stereocenters. The van der Waals surface area contributed by atoms with Gasteiger partial charge >= 0.3 is 6.09 Å². The van der Waals surface area contributed by atoms with Gasteiger partial charge in [-0.25, -0.2) is 4.79 Å². The van der Waals surface area contributed by atoms with Gasteiger partial charge in [-0.1, -0.05) is 108 Å². The Hall–Kier alpha value is -2.11. The number of unbranched alkanes of at least 4 members (excludes halogenated alkanes) is 2. The molecule has 162 valence electrons. The van der Waals surface area contributed by atoms with Crippen molar-refractivity contribution in [2.24, 2.45) is 0 Å². The second kappa shape index (κ2) is 9.80. The molecule has 0 unspecified atom stereocenters. The lowest BCUT2D eigenvalue weighted by atomic mass is 10.0. The van der Waals surface area contributed by atoms with Crippen molar-refractivity contribution in [3.63, 3.8) is 0 Å². The SMILES string of the molecule is CCCCC[C@H]1NC(=O)O[C@@H]1CO[Si](c1ccccc1)(c1ccccc1)C(C)(C)C. The number of hydrogen-bond acceptors (Lipinski definition) is 3. The van der Waals surface area contributed by atoms with Crippen molar-refractivity contribution in [2.75, 3.05) is 6.61 Å². The van der Waals surface area contributed by atoms with Crippen molar-refractivity contribution in [2.45, 2.75) is 70.6 Å². The predicted octanol–water partition coefficient (Wildman–Crippen LogP) is 4.62. The van der Waals surface area contributed by atoms with Crippen molar-refractivity contribution >= 4 is 24.8 Å². The minimum atomic E-state index is -2.63. The molecule has 0 saturated carbocycles. The number of alkyl carbamates (subject to hydrolysis) is 1. The fourth-order valence-electron chi connectivity index (χ4n) is 4.49. The van der Waals surface area contributed by atoms with Gasteiger partial charge in [0, 0.05) is 0 Å². The molecule has 1 heterocycles. The molecule has 1 N–H and O–H groups in total. The number of carbonyl (C=O) groups excluding carboxylic acids is 1. The number of carbonyl (C=O) groups is 1. The maximum atomic E-state index is 12.0. The van der Waals surface area contributed by atoms with E-state index in [-0.39, 0.29) is 23.3 Å². The van der Waals surface area contributed by atoms with Crippen molar-refractivity contribution < 1.29 is 14.0 Å². The van der Waals surface area contributed by atoms with Crippen LogP contribution < -0.4 is 15.7 Å². The average Bonchev–Trinajstić information content (AvgIpc) is 3.09. The van der Waals surface area contributed by atoms with Gasteiger partial charge in [0.05, 0.1) is 12.6 Å². The smallest absolute Gasteiger partial charge is 0.407 e. The molecule has 1 saturated heterocycles. The Labute approximate surface area is 182 Å². The summed E-state index contributed by atoms with van der Waals surface area (Å²) >= 11 is 0. The fraction of sp³-hybridized carbons (Fsp3) is 0.480. The molecule has 0 bridgehead atoms. The first-order valence-electron chi connectivity index (χ1n) is 11.1. The van der Waals surface area contributed by atoms with E-state index in [1.807, 2.05) is 12.1 Å². The maximum absolute atomic E-state index is 12.0. The average molecular weight is 426 g/mol. The Balaban J connectivity index is 1.92. The topological polar surface area (TPSA) is 47.6 Å². The van der Waals surface area contributed by atoms with Crippen LogP contribution in [0, 0.1) is 0 Å². The van der Waals surface area contributed by atoms with Gasteiger partial charge in [0.1, 0.15) is 6.10 Å². The molecule has 0 radical (unpaired) electrons. The first-order chi connectivity index (χ1) is 14.4. The number of cyclic esters (lactones) is 1. The lowest BCUT2D eigenvalue weighted by molar-refractivity contribution is 0.0866. The summed E-state index contributed by atoms with van der Waals surface area (Å²) in [5.74, 6) is 0. The molecule has 3 rings (SSSR count). The summed E-state index contributed by atoms with van der Waals surface area (Å²) in [6.45, 7) is 9.38. The summed E-state index contributed by atoms with van der Waals surface area (Å²) in [7, 11) is -2.63. The summed E-state index contributed by atoms with van der Waals surface area (Å²) in [6.07, 6.45) is 3.75. The highest BCUT2D eigenvalue weighted by Crippen LogP contribution is 2.37. The van der Waals surface area contributed by atoms with Crippen LogP contribution in [0.25, 0.3) is 0 Å². The van der Waals surface area contributed by atoms with Crippen LogP contribution in [0.15, 0.2) is 60.7 Å². The summed E-state index contributed by atoms with van der Waals surface area (Å²) in [6, 6.07) is 21.2. The number of nitrogens with one attached hydrogen (secondary N) is 1. The largest absolute Gasteiger partial charge is 0.442 e. The molecule has 1 amide bonds. The molecule has 2 aromatic carbocycles. The van der Waals surface area contributed by atoms with Crippen LogP contribution >= 0.6 is 0 Å². The Kier molecular flexibility index (Phi) is 7.37. The summed E-state index contributed by atoms with van der Waals surface area (Å²) in [4.78, 5) is 12.0. The van der Waals surface area contributed by atoms with Crippen LogP contribution in [-0.4, -0.2) is 33.2 Å². The van der Waals surface area contributed by atoms with Gasteiger partial charge in [-0.3, -0.25) is 0 Å². The maximum Gasteiger partial charge on any atom is 0.407 e. The monoisotopic (exact) mass is 425 g/mol. The molecule has 1 aliphatic rings. The van der Waals surface area contributed by atoms with Crippen molar-refractivity contribution in [3.8, 4) is 0 Å².